The molecule has 1 fully saturated rings. The minimum absolute atomic E-state index is 0.0656. The monoisotopic (exact) mass is 446 g/mol. The number of fused-ring (bicyclic) bond motifs is 1. The number of methoxy groups -OCH3 is 1. The van der Waals surface area contributed by atoms with Gasteiger partial charge in [0, 0.05) is 24.9 Å². The molecule has 0 aromatic heterocycles. The molecule has 1 saturated heterocycles. The quantitative estimate of drug-likeness (QED) is 0.190. The molecule has 3 amide bonds. The lowest BCUT2D eigenvalue weighted by atomic mass is 9.97. The van der Waals surface area contributed by atoms with E-state index in [4.69, 9.17) is 21.3 Å². The van der Waals surface area contributed by atoms with Crippen molar-refractivity contribution in [2.45, 2.75) is 36.4 Å². The highest BCUT2D eigenvalue weighted by Gasteiger charge is 2.66. The predicted molar refractivity (Wildman–Crippen MR) is 101 cm³/mol. The highest BCUT2D eigenvalue weighted by atomic mass is 32.2. The first kappa shape index (κ1) is 23.4. The highest BCUT2D eigenvalue weighted by molar-refractivity contribution is 8.00. The Kier molecular flexibility index (Phi) is 7.28. The number of rotatable bonds is 10. The largest absolute Gasteiger partial charge is 0.480 e. The maximum Gasteiger partial charge on any atom is 0.404 e. The van der Waals surface area contributed by atoms with Crippen LogP contribution in [0.2, 0.25) is 0 Å². The van der Waals surface area contributed by atoms with E-state index >= 15 is 0 Å². The lowest BCUT2D eigenvalue weighted by Crippen LogP contribution is -2.80. The van der Waals surface area contributed by atoms with Gasteiger partial charge >= 0.3 is 18.0 Å². The zero-order valence-corrected chi connectivity index (χ0v) is 16.8. The van der Waals surface area contributed by atoms with Gasteiger partial charge in [-0.1, -0.05) is 0 Å². The van der Waals surface area contributed by atoms with Crippen LogP contribution in [0, 0.1) is 0 Å². The first-order chi connectivity index (χ1) is 14.0. The van der Waals surface area contributed by atoms with Crippen LogP contribution in [0.4, 0.5) is 4.79 Å². The number of nitrogens with two attached hydrogens (primary N) is 2. The van der Waals surface area contributed by atoms with E-state index in [0.29, 0.717) is 0 Å². The topological polar surface area (TPSA) is 212 Å². The molecule has 14 heteroatoms. The van der Waals surface area contributed by atoms with Crippen LogP contribution in [0.5, 0.6) is 0 Å². The van der Waals surface area contributed by atoms with Crippen LogP contribution in [0.3, 0.4) is 0 Å². The predicted octanol–water partition coefficient (Wildman–Crippen LogP) is -1.62. The van der Waals surface area contributed by atoms with Gasteiger partial charge in [-0.05, 0) is 12.8 Å². The fraction of sp³-hybridized carbons (Fsp3) is 0.562. The third-order valence-corrected chi connectivity index (χ3v) is 5.96. The summed E-state index contributed by atoms with van der Waals surface area (Å²) in [4.78, 5) is 59.3. The number of aliphatic carboxylic acids is 2. The third kappa shape index (κ3) is 4.49. The Bertz CT molecular complexity index is 802. The van der Waals surface area contributed by atoms with Gasteiger partial charge in [-0.3, -0.25) is 19.3 Å². The van der Waals surface area contributed by atoms with Crippen molar-refractivity contribution in [1.82, 2.24) is 10.2 Å². The number of carbonyl (C=O) groups is 5. The molecule has 2 rings (SSSR count). The lowest BCUT2D eigenvalue weighted by molar-refractivity contribution is -0.192. The zero-order valence-electron chi connectivity index (χ0n) is 16.0. The molecule has 166 valence electrons. The van der Waals surface area contributed by atoms with Crippen molar-refractivity contribution in [3.8, 4) is 0 Å². The summed E-state index contributed by atoms with van der Waals surface area (Å²) in [7, 11) is 1.20. The maximum absolute atomic E-state index is 12.8. The standard InChI is InChI=1S/C16H22N4O9S/c1-28-16(19-9(21)4-2-3-8(17)11(22)23)13(26)20-10(12(24)25)7(5-29-15(18)27)6-30-14(16)20/h8,14H,2-6,17H2,1H3,(H2,18,27)(H,19,21)(H,22,23)(H,24,25)/t8?,14-,16?/m0/s1. The van der Waals surface area contributed by atoms with Gasteiger partial charge in [0.2, 0.25) is 5.91 Å². The van der Waals surface area contributed by atoms with E-state index in [-0.39, 0.29) is 36.3 Å². The smallest absolute Gasteiger partial charge is 0.404 e. The van der Waals surface area contributed by atoms with E-state index in [1.54, 1.807) is 0 Å². The van der Waals surface area contributed by atoms with Gasteiger partial charge < -0.3 is 36.5 Å². The molecule has 2 unspecified atom stereocenters. The molecular formula is C16H22N4O9S. The summed E-state index contributed by atoms with van der Waals surface area (Å²) in [6, 6.07) is -1.10. The molecule has 2 aliphatic rings. The summed E-state index contributed by atoms with van der Waals surface area (Å²) in [6.07, 6.45) is -0.953. The Hall–Kier alpha value is -2.84. The average molecular weight is 446 g/mol. The number of hydrogen-bond acceptors (Lipinski definition) is 9. The van der Waals surface area contributed by atoms with Crippen LogP contribution in [-0.4, -0.2) is 81.6 Å². The van der Waals surface area contributed by atoms with Crippen molar-refractivity contribution in [2.24, 2.45) is 11.5 Å². The Morgan fingerprint density at radius 3 is 2.57 bits per heavy atom. The summed E-state index contributed by atoms with van der Waals surface area (Å²) in [6.45, 7) is -0.392. The second-order valence-corrected chi connectivity index (χ2v) is 7.60. The molecular weight excluding hydrogens is 424 g/mol. The lowest BCUT2D eigenvalue weighted by Gasteiger charge is -2.55. The molecule has 0 saturated carbocycles. The maximum atomic E-state index is 12.8. The number of amides is 3. The third-order valence-electron chi connectivity index (χ3n) is 4.58. The normalized spacial score (nSPS) is 23.9. The first-order valence-electron chi connectivity index (χ1n) is 8.72. The number of nitrogens with zero attached hydrogens (tertiary/aromatic N) is 1. The van der Waals surface area contributed by atoms with E-state index in [2.05, 4.69) is 10.1 Å². The zero-order chi connectivity index (χ0) is 22.6. The van der Waals surface area contributed by atoms with Gasteiger partial charge in [-0.2, -0.15) is 0 Å². The number of nitrogens with one attached hydrogen (secondary N) is 1. The molecule has 0 radical (unpaired) electrons. The molecule has 30 heavy (non-hydrogen) atoms. The molecule has 2 heterocycles. The van der Waals surface area contributed by atoms with E-state index < -0.39 is 53.6 Å². The Morgan fingerprint density at radius 2 is 2.03 bits per heavy atom. The first-order valence-corrected chi connectivity index (χ1v) is 9.77. The van der Waals surface area contributed by atoms with E-state index in [1.807, 2.05) is 0 Å². The molecule has 0 aliphatic carbocycles. The second-order valence-electron chi connectivity index (χ2n) is 6.53. The number of primary amides is 1. The molecule has 0 aromatic carbocycles. The fourth-order valence-corrected chi connectivity index (χ4v) is 4.51. The number of carboxylic acids is 2. The summed E-state index contributed by atoms with van der Waals surface area (Å²) in [5.41, 5.74) is 8.33. The Labute approximate surface area is 174 Å². The van der Waals surface area contributed by atoms with Gasteiger partial charge in [-0.15, -0.1) is 11.8 Å². The summed E-state index contributed by atoms with van der Waals surface area (Å²) in [5.74, 6) is -3.87. The molecule has 0 bridgehead atoms. The summed E-state index contributed by atoms with van der Waals surface area (Å²) >= 11 is 1.12. The highest BCUT2D eigenvalue weighted by Crippen LogP contribution is 2.46. The molecule has 0 aromatic rings. The van der Waals surface area contributed by atoms with Crippen LogP contribution in [0.1, 0.15) is 19.3 Å². The number of carbonyl (C=O) groups excluding carboxylic acids is 3. The van der Waals surface area contributed by atoms with Crippen molar-refractivity contribution in [3.05, 3.63) is 11.3 Å². The van der Waals surface area contributed by atoms with E-state index in [9.17, 15) is 29.1 Å². The van der Waals surface area contributed by atoms with Crippen LogP contribution >= 0.6 is 11.8 Å². The van der Waals surface area contributed by atoms with Crippen molar-refractivity contribution in [3.63, 3.8) is 0 Å². The SMILES string of the molecule is COC1(NC(=O)CCCC(N)C(=O)O)C(=O)N2C(C(=O)O)=C(COC(N)=O)CS[C@H]21. The van der Waals surface area contributed by atoms with Crippen molar-refractivity contribution in [2.75, 3.05) is 19.5 Å². The summed E-state index contributed by atoms with van der Waals surface area (Å²) in [5, 5.41) is 19.9. The number of carboxylic acid groups (broad SMARTS) is 2. The molecule has 0 spiro atoms. The van der Waals surface area contributed by atoms with Gasteiger partial charge in [0.05, 0.1) is 0 Å². The Balaban J connectivity index is 2.11. The number of hydrogen-bond donors (Lipinski definition) is 5. The van der Waals surface area contributed by atoms with Gasteiger partial charge in [0.1, 0.15) is 23.7 Å². The van der Waals surface area contributed by atoms with E-state index in [1.165, 1.54) is 7.11 Å². The molecule has 7 N–H and O–H groups in total. The molecule has 2 aliphatic heterocycles. The second kappa shape index (κ2) is 9.32. The number of ether oxygens (including phenoxy) is 2. The van der Waals surface area contributed by atoms with Gasteiger partial charge in [0.15, 0.2) is 0 Å². The fourth-order valence-electron chi connectivity index (χ4n) is 3.09. The minimum atomic E-state index is -1.77. The van der Waals surface area contributed by atoms with Gasteiger partial charge in [0.25, 0.3) is 11.6 Å². The Morgan fingerprint density at radius 1 is 1.37 bits per heavy atom. The minimum Gasteiger partial charge on any atom is -0.480 e. The van der Waals surface area contributed by atoms with Crippen LogP contribution < -0.4 is 16.8 Å². The van der Waals surface area contributed by atoms with Crippen molar-refractivity contribution in [1.29, 1.82) is 0 Å². The van der Waals surface area contributed by atoms with Crippen LogP contribution in [-0.2, 0) is 28.7 Å². The molecule has 13 nitrogen and oxygen atoms in total. The van der Waals surface area contributed by atoms with Crippen molar-refractivity contribution >= 4 is 41.6 Å². The molecule has 3 atom stereocenters. The van der Waals surface area contributed by atoms with Crippen LogP contribution in [0.15, 0.2) is 11.3 Å². The van der Waals surface area contributed by atoms with Crippen LogP contribution in [0.25, 0.3) is 0 Å². The average Bonchev–Trinajstić information content (AvgIpc) is 2.68. The number of β-lactam (4-membered cyclic amide) rings is 1. The van der Waals surface area contributed by atoms with Gasteiger partial charge in [-0.25, -0.2) is 9.59 Å². The summed E-state index contributed by atoms with van der Waals surface area (Å²) < 4.78 is 9.91. The van der Waals surface area contributed by atoms with E-state index in [0.717, 1.165) is 16.7 Å². The number of thioether (sulfide) groups is 1. The van der Waals surface area contributed by atoms with Crippen molar-refractivity contribution < 1.29 is 43.7 Å².